The fourth-order valence-electron chi connectivity index (χ4n) is 4.17. The maximum atomic E-state index is 13.7. The average molecular weight is 474 g/mol. The summed E-state index contributed by atoms with van der Waals surface area (Å²) in [5.41, 5.74) is 3.24. The third kappa shape index (κ3) is 4.94. The number of hydrogen-bond donors (Lipinski definition) is 1. The predicted molar refractivity (Wildman–Crippen MR) is 137 cm³/mol. The summed E-state index contributed by atoms with van der Waals surface area (Å²) in [4.78, 5) is 18.7. The Morgan fingerprint density at radius 2 is 1.66 bits per heavy atom. The van der Waals surface area contributed by atoms with Crippen molar-refractivity contribution in [3.63, 3.8) is 0 Å². The summed E-state index contributed by atoms with van der Waals surface area (Å²) in [5, 5.41) is 3.12. The van der Waals surface area contributed by atoms with Crippen molar-refractivity contribution in [2.45, 2.75) is 25.8 Å². The number of rotatable bonds is 10. The highest BCUT2D eigenvalue weighted by atomic mass is 16.5. The molecule has 182 valence electrons. The number of amides is 1. The molecule has 35 heavy (non-hydrogen) atoms. The Bertz CT molecular complexity index is 1300. The lowest BCUT2D eigenvalue weighted by atomic mass is 10.0. The smallest absolute Gasteiger partial charge is 0.247 e. The van der Waals surface area contributed by atoms with Gasteiger partial charge in [0.15, 0.2) is 0 Å². The fraction of sp³-hybridized carbons (Fsp3) is 0.286. The van der Waals surface area contributed by atoms with Crippen molar-refractivity contribution in [3.8, 4) is 28.6 Å². The van der Waals surface area contributed by atoms with Crippen molar-refractivity contribution in [2.24, 2.45) is 0 Å². The lowest BCUT2D eigenvalue weighted by molar-refractivity contribution is -0.123. The van der Waals surface area contributed by atoms with E-state index >= 15 is 0 Å². The van der Waals surface area contributed by atoms with Gasteiger partial charge in [0.25, 0.3) is 0 Å². The molecule has 0 aliphatic heterocycles. The number of carbonyl (C=O) groups excluding carboxylic acids is 1. The summed E-state index contributed by atoms with van der Waals surface area (Å²) in [6, 6.07) is 20.4. The van der Waals surface area contributed by atoms with E-state index in [2.05, 4.69) is 12.2 Å². The first-order valence-electron chi connectivity index (χ1n) is 11.7. The molecule has 0 bridgehead atoms. The van der Waals surface area contributed by atoms with Crippen LogP contribution < -0.4 is 19.5 Å². The van der Waals surface area contributed by atoms with Crippen molar-refractivity contribution in [1.29, 1.82) is 0 Å². The average Bonchev–Trinajstić information content (AvgIpc) is 3.28. The van der Waals surface area contributed by atoms with Gasteiger partial charge >= 0.3 is 0 Å². The van der Waals surface area contributed by atoms with Gasteiger partial charge in [0.2, 0.25) is 5.91 Å². The number of nitrogens with one attached hydrogen (secondary N) is 1. The second-order valence-corrected chi connectivity index (χ2v) is 8.18. The van der Waals surface area contributed by atoms with Gasteiger partial charge in [-0.05, 0) is 48.4 Å². The Balaban J connectivity index is 1.95. The fourth-order valence-corrected chi connectivity index (χ4v) is 4.17. The molecule has 1 aromatic heterocycles. The number of unbranched alkanes of at least 4 members (excludes halogenated alkanes) is 1. The summed E-state index contributed by atoms with van der Waals surface area (Å²) >= 11 is 0. The monoisotopic (exact) mass is 473 g/mol. The Morgan fingerprint density at radius 1 is 0.943 bits per heavy atom. The first-order chi connectivity index (χ1) is 17.1. The maximum Gasteiger partial charge on any atom is 0.247 e. The Hall–Kier alpha value is -4.00. The number of methoxy groups -OCH3 is 3. The zero-order valence-electron chi connectivity index (χ0n) is 20.6. The molecule has 1 N–H and O–H groups in total. The summed E-state index contributed by atoms with van der Waals surface area (Å²) in [6.45, 7) is 2.71. The molecule has 0 fully saturated rings. The van der Waals surface area contributed by atoms with Gasteiger partial charge in [-0.3, -0.25) is 4.79 Å². The molecule has 4 aromatic rings. The van der Waals surface area contributed by atoms with E-state index in [1.54, 1.807) is 21.3 Å². The molecule has 4 rings (SSSR count). The van der Waals surface area contributed by atoms with Gasteiger partial charge in [0.1, 0.15) is 29.1 Å². The second-order valence-electron chi connectivity index (χ2n) is 8.18. The van der Waals surface area contributed by atoms with E-state index in [0.717, 1.165) is 40.8 Å². The van der Waals surface area contributed by atoms with Crippen LogP contribution in [0.1, 0.15) is 31.4 Å². The molecule has 0 saturated carbocycles. The molecule has 0 aliphatic rings. The molecule has 1 unspecified atom stereocenters. The molecule has 0 saturated heterocycles. The largest absolute Gasteiger partial charge is 0.497 e. The van der Waals surface area contributed by atoms with Gasteiger partial charge in [-0.2, -0.15) is 0 Å². The number of para-hydroxylation sites is 2. The molecule has 7 heteroatoms. The summed E-state index contributed by atoms with van der Waals surface area (Å²) in [5.74, 6) is 2.56. The van der Waals surface area contributed by atoms with Crippen molar-refractivity contribution >= 4 is 16.9 Å². The summed E-state index contributed by atoms with van der Waals surface area (Å²) in [7, 11) is 4.86. The van der Waals surface area contributed by atoms with Gasteiger partial charge in [-0.1, -0.05) is 37.6 Å². The molecule has 3 aromatic carbocycles. The van der Waals surface area contributed by atoms with E-state index in [9.17, 15) is 4.79 Å². The third-order valence-corrected chi connectivity index (χ3v) is 6.01. The number of hydrogen-bond acceptors (Lipinski definition) is 5. The number of aromatic nitrogens is 2. The summed E-state index contributed by atoms with van der Waals surface area (Å²) in [6.07, 6.45) is 1.90. The van der Waals surface area contributed by atoms with Crippen LogP contribution in [0.15, 0.2) is 66.7 Å². The van der Waals surface area contributed by atoms with E-state index in [4.69, 9.17) is 19.2 Å². The van der Waals surface area contributed by atoms with Crippen LogP contribution in [0.4, 0.5) is 0 Å². The molecule has 1 amide bonds. The SMILES string of the molecule is CCCCNC(=O)C(c1ccc(OC)cc1)n1c(-c2ccc(OC)cc2OC)nc2ccccc21. The van der Waals surface area contributed by atoms with Gasteiger partial charge in [0, 0.05) is 12.6 Å². The van der Waals surface area contributed by atoms with E-state index in [1.165, 1.54) is 0 Å². The second kappa shape index (κ2) is 11.0. The Morgan fingerprint density at radius 3 is 2.34 bits per heavy atom. The minimum Gasteiger partial charge on any atom is -0.497 e. The number of benzene rings is 3. The molecular formula is C28H31N3O4. The highest BCUT2D eigenvalue weighted by Gasteiger charge is 2.29. The van der Waals surface area contributed by atoms with Crippen molar-refractivity contribution < 1.29 is 19.0 Å². The normalized spacial score (nSPS) is 11.8. The zero-order valence-corrected chi connectivity index (χ0v) is 20.6. The van der Waals surface area contributed by atoms with Crippen molar-refractivity contribution in [1.82, 2.24) is 14.9 Å². The summed E-state index contributed by atoms with van der Waals surface area (Å²) < 4.78 is 18.4. The van der Waals surface area contributed by atoms with E-state index in [0.29, 0.717) is 23.9 Å². The number of imidazole rings is 1. The zero-order chi connectivity index (χ0) is 24.8. The lowest BCUT2D eigenvalue weighted by Gasteiger charge is -2.23. The minimum absolute atomic E-state index is 0.0968. The molecule has 0 radical (unpaired) electrons. The van der Waals surface area contributed by atoms with Crippen LogP contribution in [-0.2, 0) is 4.79 Å². The van der Waals surface area contributed by atoms with Crippen LogP contribution >= 0.6 is 0 Å². The van der Waals surface area contributed by atoms with Gasteiger partial charge in [0.05, 0.1) is 37.9 Å². The molecular weight excluding hydrogens is 442 g/mol. The first-order valence-corrected chi connectivity index (χ1v) is 11.7. The predicted octanol–water partition coefficient (Wildman–Crippen LogP) is 5.23. The van der Waals surface area contributed by atoms with Crippen molar-refractivity contribution in [3.05, 3.63) is 72.3 Å². The lowest BCUT2D eigenvalue weighted by Crippen LogP contribution is -2.34. The molecule has 7 nitrogen and oxygen atoms in total. The number of fused-ring (bicyclic) bond motifs is 1. The van der Waals surface area contributed by atoms with Gasteiger partial charge < -0.3 is 24.1 Å². The molecule has 0 aliphatic carbocycles. The van der Waals surface area contributed by atoms with Gasteiger partial charge in [-0.15, -0.1) is 0 Å². The molecule has 1 heterocycles. The van der Waals surface area contributed by atoms with E-state index < -0.39 is 6.04 Å². The molecule has 0 spiro atoms. The highest BCUT2D eigenvalue weighted by molar-refractivity contribution is 5.90. The van der Waals surface area contributed by atoms with Crippen LogP contribution in [-0.4, -0.2) is 43.3 Å². The van der Waals surface area contributed by atoms with Crippen LogP contribution in [0.2, 0.25) is 0 Å². The number of carbonyl (C=O) groups is 1. The quantitative estimate of drug-likeness (QED) is 0.319. The van der Waals surface area contributed by atoms with Gasteiger partial charge in [-0.25, -0.2) is 4.98 Å². The van der Waals surface area contributed by atoms with Crippen LogP contribution in [0.5, 0.6) is 17.2 Å². The van der Waals surface area contributed by atoms with Crippen LogP contribution in [0.25, 0.3) is 22.4 Å². The van der Waals surface area contributed by atoms with Crippen LogP contribution in [0, 0.1) is 0 Å². The van der Waals surface area contributed by atoms with E-state index in [-0.39, 0.29) is 5.91 Å². The number of nitrogens with zero attached hydrogens (tertiary/aromatic N) is 2. The third-order valence-electron chi connectivity index (χ3n) is 6.01. The number of ether oxygens (including phenoxy) is 3. The molecule has 1 atom stereocenters. The van der Waals surface area contributed by atoms with Crippen LogP contribution in [0.3, 0.4) is 0 Å². The van der Waals surface area contributed by atoms with Crippen molar-refractivity contribution in [2.75, 3.05) is 27.9 Å². The minimum atomic E-state index is -0.646. The highest BCUT2D eigenvalue weighted by Crippen LogP contribution is 2.38. The Labute approximate surface area is 205 Å². The topological polar surface area (TPSA) is 74.6 Å². The Kier molecular flexibility index (Phi) is 7.55. The standard InChI is InChI=1S/C28H31N3O4/c1-5-6-17-29-28(32)26(19-11-13-20(33-2)14-12-19)31-24-10-8-7-9-23(24)30-27(31)22-16-15-21(34-3)18-25(22)35-4/h7-16,18,26H,5-6,17H2,1-4H3,(H,29,32). The first kappa shape index (κ1) is 24.1. The maximum absolute atomic E-state index is 13.7. The van der Waals surface area contributed by atoms with E-state index in [1.807, 2.05) is 71.3 Å².